The second kappa shape index (κ2) is 5.79. The molecule has 1 aliphatic carbocycles. The van der Waals surface area contributed by atoms with Crippen molar-refractivity contribution in [2.75, 3.05) is 6.54 Å². The molecule has 2 unspecified atom stereocenters. The van der Waals surface area contributed by atoms with Crippen LogP contribution < -0.4 is 5.32 Å². The Morgan fingerprint density at radius 2 is 2.06 bits per heavy atom. The van der Waals surface area contributed by atoms with Crippen LogP contribution in [-0.2, 0) is 6.42 Å². The van der Waals surface area contributed by atoms with E-state index in [0.717, 1.165) is 12.5 Å². The lowest BCUT2D eigenvalue weighted by Crippen LogP contribution is -2.38. The van der Waals surface area contributed by atoms with Crippen LogP contribution in [0.2, 0.25) is 0 Å². The third-order valence-electron chi connectivity index (χ3n) is 3.94. The summed E-state index contributed by atoms with van der Waals surface area (Å²) < 4.78 is 26.9. The predicted molar refractivity (Wildman–Crippen MR) is 69.4 cm³/mol. The third-order valence-corrected chi connectivity index (χ3v) is 3.94. The molecule has 1 nitrogen and oxygen atoms in total. The highest BCUT2D eigenvalue weighted by atomic mass is 19.2. The van der Waals surface area contributed by atoms with E-state index in [9.17, 15) is 8.78 Å². The first-order valence-electron chi connectivity index (χ1n) is 6.79. The van der Waals surface area contributed by atoms with Crippen LogP contribution in [0.1, 0.15) is 32.3 Å². The number of nitrogens with one attached hydrogen (secondary N) is 1. The average molecular weight is 253 g/mol. The molecule has 3 heteroatoms. The van der Waals surface area contributed by atoms with E-state index in [-0.39, 0.29) is 6.04 Å². The predicted octanol–water partition coefficient (Wildman–Crippen LogP) is 3.53. The first-order valence-corrected chi connectivity index (χ1v) is 6.79. The molecule has 0 aliphatic heterocycles. The minimum atomic E-state index is -0.748. The van der Waals surface area contributed by atoms with E-state index in [2.05, 4.69) is 19.2 Å². The van der Waals surface area contributed by atoms with Gasteiger partial charge in [0.25, 0.3) is 0 Å². The van der Waals surface area contributed by atoms with Crippen LogP contribution in [0.5, 0.6) is 0 Å². The fraction of sp³-hybridized carbons (Fsp3) is 0.600. The number of halogens is 2. The summed E-state index contributed by atoms with van der Waals surface area (Å²) in [5, 5.41) is 3.41. The Morgan fingerprint density at radius 1 is 1.33 bits per heavy atom. The van der Waals surface area contributed by atoms with E-state index < -0.39 is 11.6 Å². The summed E-state index contributed by atoms with van der Waals surface area (Å²) in [4.78, 5) is 0. The Hall–Kier alpha value is -0.960. The van der Waals surface area contributed by atoms with Crippen LogP contribution in [0.4, 0.5) is 8.78 Å². The largest absolute Gasteiger partial charge is 0.314 e. The second-order valence-corrected chi connectivity index (χ2v) is 5.28. The molecule has 1 aromatic rings. The molecular weight excluding hydrogens is 232 g/mol. The van der Waals surface area contributed by atoms with Crippen molar-refractivity contribution in [3.63, 3.8) is 0 Å². The van der Waals surface area contributed by atoms with Crippen molar-refractivity contribution >= 4 is 0 Å². The van der Waals surface area contributed by atoms with Crippen LogP contribution in [-0.4, -0.2) is 12.6 Å². The summed E-state index contributed by atoms with van der Waals surface area (Å²) in [5.74, 6) is -0.163. The standard InChI is InChI=1S/C15H21F2N/c1-3-18-14(10(2)11-7-8-11)9-12-5-4-6-13(16)15(12)17/h4-6,10-11,14,18H,3,7-9H2,1-2H3. The van der Waals surface area contributed by atoms with Gasteiger partial charge < -0.3 is 5.32 Å². The Balaban J connectivity index is 2.09. The maximum atomic E-state index is 13.7. The van der Waals surface area contributed by atoms with Gasteiger partial charge in [-0.05, 0) is 49.3 Å². The van der Waals surface area contributed by atoms with Crippen molar-refractivity contribution in [1.29, 1.82) is 0 Å². The molecule has 0 spiro atoms. The van der Waals surface area contributed by atoms with E-state index in [1.54, 1.807) is 12.1 Å². The van der Waals surface area contributed by atoms with Crippen LogP contribution in [0.25, 0.3) is 0 Å². The van der Waals surface area contributed by atoms with Gasteiger partial charge in [-0.25, -0.2) is 8.78 Å². The first kappa shape index (κ1) is 13.5. The van der Waals surface area contributed by atoms with Crippen molar-refractivity contribution in [3.8, 4) is 0 Å². The highest BCUT2D eigenvalue weighted by molar-refractivity contribution is 5.20. The minimum absolute atomic E-state index is 0.235. The Labute approximate surface area is 108 Å². The molecule has 100 valence electrons. The molecular formula is C15H21F2N. The second-order valence-electron chi connectivity index (χ2n) is 5.28. The van der Waals surface area contributed by atoms with Gasteiger partial charge in [-0.1, -0.05) is 26.0 Å². The van der Waals surface area contributed by atoms with Gasteiger partial charge in [0.2, 0.25) is 0 Å². The van der Waals surface area contributed by atoms with Gasteiger partial charge in [0, 0.05) is 6.04 Å². The summed E-state index contributed by atoms with van der Waals surface area (Å²) in [6.45, 7) is 5.12. The van der Waals surface area contributed by atoms with Gasteiger partial charge in [0.15, 0.2) is 11.6 Å². The van der Waals surface area contributed by atoms with Gasteiger partial charge in [-0.3, -0.25) is 0 Å². The minimum Gasteiger partial charge on any atom is -0.314 e. The monoisotopic (exact) mass is 253 g/mol. The van der Waals surface area contributed by atoms with E-state index in [4.69, 9.17) is 0 Å². The van der Waals surface area contributed by atoms with Gasteiger partial charge >= 0.3 is 0 Å². The molecule has 0 saturated heterocycles. The molecule has 0 heterocycles. The van der Waals surface area contributed by atoms with E-state index in [1.165, 1.54) is 18.9 Å². The van der Waals surface area contributed by atoms with Gasteiger partial charge in [-0.2, -0.15) is 0 Å². The zero-order valence-corrected chi connectivity index (χ0v) is 11.0. The molecule has 0 radical (unpaired) electrons. The van der Waals surface area contributed by atoms with Crippen LogP contribution in [0, 0.1) is 23.5 Å². The maximum Gasteiger partial charge on any atom is 0.162 e. The average Bonchev–Trinajstić information content (AvgIpc) is 3.17. The molecule has 2 atom stereocenters. The third kappa shape index (κ3) is 3.08. The number of rotatable bonds is 6. The summed E-state index contributed by atoms with van der Waals surface area (Å²) in [6.07, 6.45) is 3.11. The molecule has 1 saturated carbocycles. The molecule has 1 fully saturated rings. The topological polar surface area (TPSA) is 12.0 Å². The summed E-state index contributed by atoms with van der Waals surface area (Å²) in [7, 11) is 0. The van der Waals surface area contributed by atoms with Crippen LogP contribution >= 0.6 is 0 Å². The number of hydrogen-bond acceptors (Lipinski definition) is 1. The van der Waals surface area contributed by atoms with Crippen molar-refractivity contribution in [2.24, 2.45) is 11.8 Å². The molecule has 2 rings (SSSR count). The lowest BCUT2D eigenvalue weighted by Gasteiger charge is -2.25. The van der Waals surface area contributed by atoms with Crippen molar-refractivity contribution in [1.82, 2.24) is 5.32 Å². The molecule has 1 aliphatic rings. The lowest BCUT2D eigenvalue weighted by atomic mass is 9.91. The van der Waals surface area contributed by atoms with Crippen molar-refractivity contribution in [3.05, 3.63) is 35.4 Å². The first-order chi connectivity index (χ1) is 8.63. The molecule has 1 N–H and O–H groups in total. The molecule has 0 aromatic heterocycles. The summed E-state index contributed by atoms with van der Waals surface area (Å²) in [5.41, 5.74) is 0.480. The van der Waals surface area contributed by atoms with Gasteiger partial charge in [0.05, 0.1) is 0 Å². The zero-order chi connectivity index (χ0) is 13.1. The van der Waals surface area contributed by atoms with Gasteiger partial charge in [-0.15, -0.1) is 0 Å². The van der Waals surface area contributed by atoms with E-state index in [0.29, 0.717) is 17.9 Å². The Morgan fingerprint density at radius 3 is 2.67 bits per heavy atom. The maximum absolute atomic E-state index is 13.7. The summed E-state index contributed by atoms with van der Waals surface area (Å²) in [6, 6.07) is 4.67. The fourth-order valence-corrected chi connectivity index (χ4v) is 2.60. The molecule has 18 heavy (non-hydrogen) atoms. The lowest BCUT2D eigenvalue weighted by molar-refractivity contribution is 0.340. The summed E-state index contributed by atoms with van der Waals surface area (Å²) >= 11 is 0. The van der Waals surface area contributed by atoms with Crippen molar-refractivity contribution < 1.29 is 8.78 Å². The molecule has 0 amide bonds. The van der Waals surface area contributed by atoms with E-state index in [1.807, 2.05) is 0 Å². The van der Waals surface area contributed by atoms with E-state index >= 15 is 0 Å². The normalized spacial score (nSPS) is 18.7. The van der Waals surface area contributed by atoms with Crippen LogP contribution in [0.15, 0.2) is 18.2 Å². The molecule has 0 bridgehead atoms. The number of benzene rings is 1. The SMILES string of the molecule is CCNC(Cc1cccc(F)c1F)C(C)C1CC1. The highest BCUT2D eigenvalue weighted by Crippen LogP contribution is 2.39. The quantitative estimate of drug-likeness (QED) is 0.817. The zero-order valence-electron chi connectivity index (χ0n) is 11.0. The highest BCUT2D eigenvalue weighted by Gasteiger charge is 2.33. The van der Waals surface area contributed by atoms with Crippen LogP contribution in [0.3, 0.4) is 0 Å². The smallest absolute Gasteiger partial charge is 0.162 e. The van der Waals surface area contributed by atoms with Crippen molar-refractivity contribution in [2.45, 2.75) is 39.2 Å². The van der Waals surface area contributed by atoms with Gasteiger partial charge in [0.1, 0.15) is 0 Å². The fourth-order valence-electron chi connectivity index (χ4n) is 2.60. The number of hydrogen-bond donors (Lipinski definition) is 1. The Kier molecular flexibility index (Phi) is 4.33. The Bertz CT molecular complexity index is 401. The molecule has 1 aromatic carbocycles. The number of likely N-dealkylation sites (N-methyl/N-ethyl adjacent to an activating group) is 1.